The van der Waals surface area contributed by atoms with Gasteiger partial charge in [0.25, 0.3) is 0 Å². The number of hydrogen-bond donors (Lipinski definition) is 1. The Labute approximate surface area is 114 Å². The summed E-state index contributed by atoms with van der Waals surface area (Å²) >= 11 is 0. The van der Waals surface area contributed by atoms with Crippen molar-refractivity contribution in [1.82, 2.24) is 15.5 Å². The van der Waals surface area contributed by atoms with Gasteiger partial charge in [-0.15, -0.1) is 10.2 Å². The van der Waals surface area contributed by atoms with Crippen molar-refractivity contribution in [2.75, 3.05) is 7.05 Å². The van der Waals surface area contributed by atoms with Gasteiger partial charge in [-0.25, -0.2) is 0 Å². The van der Waals surface area contributed by atoms with Crippen LogP contribution in [-0.2, 0) is 6.42 Å². The van der Waals surface area contributed by atoms with Gasteiger partial charge in [0, 0.05) is 6.42 Å². The molecule has 0 saturated heterocycles. The Bertz CT molecular complexity index is 539. The molecule has 0 aliphatic carbocycles. The average molecular weight is 285 g/mol. The molecule has 0 bridgehead atoms. The van der Waals surface area contributed by atoms with Gasteiger partial charge in [0.05, 0.1) is 6.42 Å². The second-order valence-electron chi connectivity index (χ2n) is 4.28. The number of aromatic nitrogens is 2. The second kappa shape index (κ2) is 6.04. The third-order valence-electron chi connectivity index (χ3n) is 2.77. The lowest BCUT2D eigenvalue weighted by molar-refractivity contribution is -0.134. The first kappa shape index (κ1) is 14.5. The summed E-state index contributed by atoms with van der Waals surface area (Å²) in [4.78, 5) is 0. The molecule has 1 heterocycles. The van der Waals surface area contributed by atoms with E-state index in [4.69, 9.17) is 4.42 Å². The molecule has 108 valence electrons. The van der Waals surface area contributed by atoms with E-state index in [2.05, 4.69) is 15.5 Å². The van der Waals surface area contributed by atoms with Crippen molar-refractivity contribution in [3.05, 3.63) is 47.7 Å². The molecule has 0 saturated carbocycles. The number of benzene rings is 1. The lowest BCUT2D eigenvalue weighted by atomic mass is 10.1. The van der Waals surface area contributed by atoms with Crippen LogP contribution in [-0.4, -0.2) is 23.4 Å². The minimum atomic E-state index is -4.23. The predicted molar refractivity (Wildman–Crippen MR) is 66.0 cm³/mol. The standard InChI is InChI=1S/C13H14F3N3O/c1-17-11(9-5-3-2-4-6-9)12-19-18-10(20-12)7-8-13(14,15)16/h2-6,11,17H,7-8H2,1H3. The van der Waals surface area contributed by atoms with Crippen LogP contribution in [0.4, 0.5) is 13.2 Å². The maximum Gasteiger partial charge on any atom is 0.389 e. The Hall–Kier alpha value is -1.89. The van der Waals surface area contributed by atoms with Crippen molar-refractivity contribution in [1.29, 1.82) is 0 Å². The SMILES string of the molecule is CNC(c1ccccc1)c1nnc(CCC(F)(F)F)o1. The number of nitrogens with one attached hydrogen (secondary N) is 1. The largest absolute Gasteiger partial charge is 0.423 e. The molecule has 4 nitrogen and oxygen atoms in total. The third-order valence-corrected chi connectivity index (χ3v) is 2.77. The van der Waals surface area contributed by atoms with Crippen LogP contribution in [0.5, 0.6) is 0 Å². The van der Waals surface area contributed by atoms with Gasteiger partial charge in [0.1, 0.15) is 6.04 Å². The summed E-state index contributed by atoms with van der Waals surface area (Å²) in [6.45, 7) is 0. The van der Waals surface area contributed by atoms with Gasteiger partial charge in [0.2, 0.25) is 11.8 Å². The lowest BCUT2D eigenvalue weighted by Crippen LogP contribution is -2.17. The first-order valence-electron chi connectivity index (χ1n) is 6.11. The quantitative estimate of drug-likeness (QED) is 0.917. The van der Waals surface area contributed by atoms with E-state index in [9.17, 15) is 13.2 Å². The fraction of sp³-hybridized carbons (Fsp3) is 0.385. The molecule has 20 heavy (non-hydrogen) atoms. The number of nitrogens with zero attached hydrogens (tertiary/aromatic N) is 2. The Balaban J connectivity index is 2.11. The summed E-state index contributed by atoms with van der Waals surface area (Å²) in [6.07, 6.45) is -5.50. The highest BCUT2D eigenvalue weighted by Crippen LogP contribution is 2.24. The van der Waals surface area contributed by atoms with Gasteiger partial charge >= 0.3 is 6.18 Å². The van der Waals surface area contributed by atoms with E-state index in [0.29, 0.717) is 0 Å². The molecule has 1 N–H and O–H groups in total. The van der Waals surface area contributed by atoms with Gasteiger partial charge in [-0.05, 0) is 12.6 Å². The van der Waals surface area contributed by atoms with Crippen molar-refractivity contribution in [2.45, 2.75) is 25.1 Å². The Morgan fingerprint density at radius 1 is 1.20 bits per heavy atom. The van der Waals surface area contributed by atoms with E-state index < -0.39 is 12.6 Å². The molecule has 2 rings (SSSR count). The molecule has 0 spiro atoms. The smallest absolute Gasteiger partial charge is 0.389 e. The summed E-state index contributed by atoms with van der Waals surface area (Å²) in [5.41, 5.74) is 0.904. The Morgan fingerprint density at radius 2 is 1.90 bits per heavy atom. The van der Waals surface area contributed by atoms with Crippen LogP contribution in [0.1, 0.15) is 29.8 Å². The highest BCUT2D eigenvalue weighted by Gasteiger charge is 2.28. The summed E-state index contributed by atoms with van der Waals surface area (Å²) in [5.74, 6) is 0.254. The number of hydrogen-bond acceptors (Lipinski definition) is 4. The zero-order chi connectivity index (χ0) is 14.6. The molecule has 0 radical (unpaired) electrons. The van der Waals surface area contributed by atoms with Gasteiger partial charge in [-0.2, -0.15) is 13.2 Å². The molecular formula is C13H14F3N3O. The van der Waals surface area contributed by atoms with Crippen LogP contribution in [0.2, 0.25) is 0 Å². The van der Waals surface area contributed by atoms with Crippen molar-refractivity contribution in [2.24, 2.45) is 0 Å². The van der Waals surface area contributed by atoms with E-state index in [0.717, 1.165) is 5.56 Å². The molecular weight excluding hydrogens is 271 g/mol. The van der Waals surface area contributed by atoms with Crippen LogP contribution in [0, 0.1) is 0 Å². The summed E-state index contributed by atoms with van der Waals surface area (Å²) in [6, 6.07) is 9.02. The van der Waals surface area contributed by atoms with E-state index in [-0.39, 0.29) is 24.2 Å². The minimum absolute atomic E-state index is 0.00601. The van der Waals surface area contributed by atoms with E-state index in [1.807, 2.05) is 30.3 Å². The van der Waals surface area contributed by atoms with Crippen LogP contribution in [0.15, 0.2) is 34.7 Å². The topological polar surface area (TPSA) is 51.0 Å². The van der Waals surface area contributed by atoms with E-state index in [1.165, 1.54) is 0 Å². The number of halogens is 3. The number of rotatable bonds is 5. The van der Waals surface area contributed by atoms with Crippen molar-refractivity contribution >= 4 is 0 Å². The molecule has 0 aliphatic heterocycles. The summed E-state index contributed by atoms with van der Waals surface area (Å²) in [5, 5.41) is 10.5. The normalized spacial score (nSPS) is 13.4. The molecule has 1 atom stereocenters. The third kappa shape index (κ3) is 3.80. The Morgan fingerprint density at radius 3 is 2.50 bits per heavy atom. The van der Waals surface area contributed by atoms with Gasteiger partial charge in [-0.3, -0.25) is 0 Å². The molecule has 2 aromatic rings. The molecule has 0 fully saturated rings. The maximum absolute atomic E-state index is 12.1. The molecule has 7 heteroatoms. The van der Waals surface area contributed by atoms with Crippen LogP contribution in [0.25, 0.3) is 0 Å². The van der Waals surface area contributed by atoms with E-state index >= 15 is 0 Å². The molecule has 1 aromatic carbocycles. The molecule has 1 aromatic heterocycles. The van der Waals surface area contributed by atoms with Crippen molar-refractivity contribution in [3.8, 4) is 0 Å². The summed E-state index contributed by atoms with van der Waals surface area (Å²) < 4.78 is 41.7. The first-order valence-corrected chi connectivity index (χ1v) is 6.11. The monoisotopic (exact) mass is 285 g/mol. The fourth-order valence-electron chi connectivity index (χ4n) is 1.81. The molecule has 0 aliphatic rings. The number of aryl methyl sites for hydroxylation is 1. The van der Waals surface area contributed by atoms with Crippen LogP contribution in [0.3, 0.4) is 0 Å². The highest BCUT2D eigenvalue weighted by atomic mass is 19.4. The summed E-state index contributed by atoms with van der Waals surface area (Å²) in [7, 11) is 1.72. The van der Waals surface area contributed by atoms with E-state index in [1.54, 1.807) is 7.05 Å². The zero-order valence-electron chi connectivity index (χ0n) is 10.8. The lowest BCUT2D eigenvalue weighted by Gasteiger charge is -2.11. The van der Waals surface area contributed by atoms with Gasteiger partial charge < -0.3 is 9.73 Å². The number of alkyl halides is 3. The minimum Gasteiger partial charge on any atom is -0.423 e. The first-order chi connectivity index (χ1) is 9.49. The van der Waals surface area contributed by atoms with Crippen LogP contribution >= 0.6 is 0 Å². The second-order valence-corrected chi connectivity index (χ2v) is 4.28. The predicted octanol–water partition coefficient (Wildman–Crippen LogP) is 2.87. The fourth-order valence-corrected chi connectivity index (χ4v) is 1.81. The van der Waals surface area contributed by atoms with Crippen molar-refractivity contribution in [3.63, 3.8) is 0 Å². The van der Waals surface area contributed by atoms with Crippen molar-refractivity contribution < 1.29 is 17.6 Å². The van der Waals surface area contributed by atoms with Gasteiger partial charge in [-0.1, -0.05) is 30.3 Å². The molecule has 0 amide bonds. The van der Waals surface area contributed by atoms with Gasteiger partial charge in [0.15, 0.2) is 0 Å². The molecule has 1 unspecified atom stereocenters. The zero-order valence-corrected chi connectivity index (χ0v) is 10.8. The van der Waals surface area contributed by atoms with Crippen LogP contribution < -0.4 is 5.32 Å². The highest BCUT2D eigenvalue weighted by molar-refractivity contribution is 5.23. The Kier molecular flexibility index (Phi) is 4.39. The maximum atomic E-state index is 12.1. The average Bonchev–Trinajstić information content (AvgIpc) is 2.87.